The van der Waals surface area contributed by atoms with Gasteiger partial charge in [-0.1, -0.05) is 18.2 Å². The molecule has 0 spiro atoms. The van der Waals surface area contributed by atoms with E-state index in [2.05, 4.69) is 18.7 Å². The third-order valence-electron chi connectivity index (χ3n) is 4.22. The fourth-order valence-corrected chi connectivity index (χ4v) is 2.71. The smallest absolute Gasteiger partial charge is 0.189 e. The molecular formula is C21H25NO4. The zero-order chi connectivity index (χ0) is 19.1. The minimum Gasteiger partial charge on any atom is -0.507 e. The highest BCUT2D eigenvalue weighted by molar-refractivity contribution is 6.09. The summed E-state index contributed by atoms with van der Waals surface area (Å²) >= 11 is 0. The van der Waals surface area contributed by atoms with Gasteiger partial charge in [0.25, 0.3) is 0 Å². The van der Waals surface area contributed by atoms with E-state index >= 15 is 0 Å². The third kappa shape index (κ3) is 4.36. The lowest BCUT2D eigenvalue weighted by atomic mass is 10.1. The van der Waals surface area contributed by atoms with Gasteiger partial charge in [-0.25, -0.2) is 0 Å². The predicted molar refractivity (Wildman–Crippen MR) is 105 cm³/mol. The second kappa shape index (κ2) is 8.94. The van der Waals surface area contributed by atoms with Crippen LogP contribution in [0.3, 0.4) is 0 Å². The van der Waals surface area contributed by atoms with Crippen LogP contribution >= 0.6 is 0 Å². The lowest BCUT2D eigenvalue weighted by Gasteiger charge is -2.20. The molecule has 0 aromatic heterocycles. The van der Waals surface area contributed by atoms with Crippen molar-refractivity contribution < 1.29 is 19.4 Å². The van der Waals surface area contributed by atoms with Crippen molar-refractivity contribution >= 4 is 17.5 Å². The molecule has 0 aliphatic carbocycles. The Hall–Kier alpha value is -2.95. The Morgan fingerprint density at radius 2 is 1.62 bits per heavy atom. The number of methoxy groups -OCH3 is 2. The summed E-state index contributed by atoms with van der Waals surface area (Å²) in [5.41, 5.74) is 2.23. The maximum atomic E-state index is 12.4. The monoisotopic (exact) mass is 355 g/mol. The summed E-state index contributed by atoms with van der Waals surface area (Å²) in [7, 11) is 2.96. The highest BCUT2D eigenvalue weighted by atomic mass is 16.5. The predicted octanol–water partition coefficient (Wildman–Crippen LogP) is 4.15. The number of anilines is 1. The number of carbonyl (C=O) groups excluding carboxylic acids is 1. The van der Waals surface area contributed by atoms with E-state index in [9.17, 15) is 9.90 Å². The molecule has 0 fully saturated rings. The Kier molecular flexibility index (Phi) is 6.67. The number of phenolic OH excluding ortho intramolecular Hbond substituents is 1. The normalized spacial score (nSPS) is 10.8. The summed E-state index contributed by atoms with van der Waals surface area (Å²) in [6.07, 6.45) is 3.16. The fraction of sp³-hybridized carbons (Fsp3) is 0.286. The number of carbonyl (C=O) groups is 1. The van der Waals surface area contributed by atoms with Crippen LogP contribution in [0.4, 0.5) is 5.69 Å². The molecule has 5 nitrogen and oxygen atoms in total. The van der Waals surface area contributed by atoms with Crippen LogP contribution in [0.1, 0.15) is 29.8 Å². The lowest BCUT2D eigenvalue weighted by Crippen LogP contribution is -2.21. The summed E-state index contributed by atoms with van der Waals surface area (Å²) in [4.78, 5) is 14.7. The van der Waals surface area contributed by atoms with Gasteiger partial charge in [-0.3, -0.25) is 4.79 Å². The van der Waals surface area contributed by atoms with Gasteiger partial charge in [0.15, 0.2) is 17.3 Å². The molecule has 0 bridgehead atoms. The van der Waals surface area contributed by atoms with Crippen LogP contribution in [0, 0.1) is 0 Å². The quantitative estimate of drug-likeness (QED) is 0.569. The number of rotatable bonds is 8. The molecule has 26 heavy (non-hydrogen) atoms. The molecule has 0 heterocycles. The molecule has 0 aliphatic rings. The zero-order valence-corrected chi connectivity index (χ0v) is 15.7. The van der Waals surface area contributed by atoms with E-state index in [1.165, 1.54) is 32.4 Å². The molecule has 0 atom stereocenters. The Labute approximate surface area is 154 Å². The Balaban J connectivity index is 2.19. The highest BCUT2D eigenvalue weighted by Crippen LogP contribution is 2.34. The van der Waals surface area contributed by atoms with Gasteiger partial charge in [0.2, 0.25) is 0 Å². The van der Waals surface area contributed by atoms with E-state index in [-0.39, 0.29) is 17.1 Å². The van der Waals surface area contributed by atoms with Crippen LogP contribution in [0.5, 0.6) is 17.2 Å². The van der Waals surface area contributed by atoms with Crippen molar-refractivity contribution in [2.75, 3.05) is 32.2 Å². The van der Waals surface area contributed by atoms with Gasteiger partial charge in [-0.05, 0) is 43.7 Å². The number of benzene rings is 2. The number of ketones is 1. The van der Waals surface area contributed by atoms with Crippen LogP contribution in [-0.2, 0) is 0 Å². The molecule has 0 amide bonds. The summed E-state index contributed by atoms with van der Waals surface area (Å²) in [6.45, 7) is 6.13. The number of nitrogens with zero attached hydrogens (tertiary/aromatic N) is 1. The van der Waals surface area contributed by atoms with Crippen molar-refractivity contribution in [3.8, 4) is 17.2 Å². The topological polar surface area (TPSA) is 59.0 Å². The Bertz CT molecular complexity index is 777. The molecule has 0 unspecified atom stereocenters. The molecule has 0 saturated heterocycles. The van der Waals surface area contributed by atoms with E-state index in [4.69, 9.17) is 9.47 Å². The zero-order valence-electron chi connectivity index (χ0n) is 15.7. The van der Waals surface area contributed by atoms with Crippen molar-refractivity contribution in [2.45, 2.75) is 13.8 Å². The van der Waals surface area contributed by atoms with Gasteiger partial charge in [0.1, 0.15) is 5.75 Å². The summed E-state index contributed by atoms with van der Waals surface area (Å²) in [6, 6.07) is 10.8. The number of aromatic hydroxyl groups is 1. The van der Waals surface area contributed by atoms with E-state index in [0.717, 1.165) is 24.3 Å². The molecule has 5 heteroatoms. The largest absolute Gasteiger partial charge is 0.507 e. The second-order valence-electron chi connectivity index (χ2n) is 5.69. The number of phenols is 1. The van der Waals surface area contributed by atoms with Crippen molar-refractivity contribution in [3.63, 3.8) is 0 Å². The summed E-state index contributed by atoms with van der Waals surface area (Å²) < 4.78 is 10.3. The van der Waals surface area contributed by atoms with Crippen molar-refractivity contribution in [2.24, 2.45) is 0 Å². The fourth-order valence-electron chi connectivity index (χ4n) is 2.71. The summed E-state index contributed by atoms with van der Waals surface area (Å²) in [5.74, 6) is 0.314. The average molecular weight is 355 g/mol. The van der Waals surface area contributed by atoms with E-state index in [0.29, 0.717) is 11.5 Å². The minimum atomic E-state index is -0.309. The maximum Gasteiger partial charge on any atom is 0.189 e. The van der Waals surface area contributed by atoms with Crippen LogP contribution in [0.2, 0.25) is 0 Å². The third-order valence-corrected chi connectivity index (χ3v) is 4.22. The van der Waals surface area contributed by atoms with Gasteiger partial charge in [0.05, 0.1) is 19.8 Å². The molecule has 2 aromatic carbocycles. The van der Waals surface area contributed by atoms with Gasteiger partial charge in [0, 0.05) is 24.8 Å². The van der Waals surface area contributed by atoms with Crippen LogP contribution < -0.4 is 14.4 Å². The first-order chi connectivity index (χ1) is 12.5. The second-order valence-corrected chi connectivity index (χ2v) is 5.69. The van der Waals surface area contributed by atoms with E-state index in [1.54, 1.807) is 6.08 Å². The molecular weight excluding hydrogens is 330 g/mol. The van der Waals surface area contributed by atoms with E-state index < -0.39 is 0 Å². The lowest BCUT2D eigenvalue weighted by molar-refractivity contribution is 0.104. The summed E-state index contributed by atoms with van der Waals surface area (Å²) in [5, 5.41) is 10.1. The number of allylic oxidation sites excluding steroid dienone is 1. The molecule has 0 radical (unpaired) electrons. The van der Waals surface area contributed by atoms with Crippen LogP contribution in [0.25, 0.3) is 6.08 Å². The SMILES string of the molecule is CCN(CC)c1ccc(/C=C/C(=O)c2cc(OC)c(OC)cc2O)cc1. The first kappa shape index (κ1) is 19.4. The Morgan fingerprint density at radius 1 is 1.04 bits per heavy atom. The number of hydrogen-bond donors (Lipinski definition) is 1. The van der Waals surface area contributed by atoms with Crippen molar-refractivity contribution in [3.05, 3.63) is 53.6 Å². The Morgan fingerprint density at radius 3 is 2.15 bits per heavy atom. The highest BCUT2D eigenvalue weighted by Gasteiger charge is 2.14. The molecule has 2 aromatic rings. The van der Waals surface area contributed by atoms with E-state index in [1.807, 2.05) is 24.3 Å². The minimum absolute atomic E-state index is 0.144. The van der Waals surface area contributed by atoms with Crippen LogP contribution in [-0.4, -0.2) is 38.2 Å². The number of ether oxygens (including phenoxy) is 2. The first-order valence-corrected chi connectivity index (χ1v) is 8.56. The average Bonchev–Trinajstić information content (AvgIpc) is 2.67. The van der Waals surface area contributed by atoms with Crippen molar-refractivity contribution in [1.82, 2.24) is 0 Å². The van der Waals surface area contributed by atoms with Crippen LogP contribution in [0.15, 0.2) is 42.5 Å². The van der Waals surface area contributed by atoms with Gasteiger partial charge < -0.3 is 19.5 Å². The van der Waals surface area contributed by atoms with Gasteiger partial charge >= 0.3 is 0 Å². The first-order valence-electron chi connectivity index (χ1n) is 8.56. The van der Waals surface area contributed by atoms with Gasteiger partial charge in [-0.15, -0.1) is 0 Å². The standard InChI is InChI=1S/C21H25NO4/c1-5-22(6-2)16-10-7-15(8-11-16)9-12-18(23)17-13-20(25-3)21(26-4)14-19(17)24/h7-14,24H,5-6H2,1-4H3/b12-9+. The molecule has 1 N–H and O–H groups in total. The molecule has 138 valence electrons. The molecule has 0 aliphatic heterocycles. The van der Waals surface area contributed by atoms with Gasteiger partial charge in [-0.2, -0.15) is 0 Å². The molecule has 2 rings (SSSR count). The maximum absolute atomic E-state index is 12.4. The number of hydrogen-bond acceptors (Lipinski definition) is 5. The van der Waals surface area contributed by atoms with Crippen molar-refractivity contribution in [1.29, 1.82) is 0 Å². The molecule has 0 saturated carbocycles.